The number of carbonyl (C=O) groups is 1. The average Bonchev–Trinajstić information content (AvgIpc) is 3.28. The van der Waals surface area contributed by atoms with Gasteiger partial charge in [-0.1, -0.05) is 6.07 Å². The van der Waals surface area contributed by atoms with Crippen molar-refractivity contribution in [3.8, 4) is 0 Å². The molecule has 1 aliphatic carbocycles. The highest BCUT2D eigenvalue weighted by molar-refractivity contribution is 5.77. The molecule has 1 saturated carbocycles. The van der Waals surface area contributed by atoms with Crippen molar-refractivity contribution < 1.29 is 22.7 Å². The molecule has 0 radical (unpaired) electrons. The maximum absolute atomic E-state index is 13.4. The number of hydrogen-bond acceptors (Lipinski definition) is 7. The van der Waals surface area contributed by atoms with Gasteiger partial charge in [-0.05, 0) is 50.7 Å². The third-order valence-corrected chi connectivity index (χ3v) is 6.46. The second-order valence-corrected chi connectivity index (χ2v) is 8.94. The van der Waals surface area contributed by atoms with Gasteiger partial charge in [0.1, 0.15) is 18.0 Å². The standard InChI is InChI=1S/C23H29F3N6O3/c24-23(25,26)21-18(12-28-31-22(21)34)32-11-3-4-17(32)13-35-14-20(33)30-16-8-6-15(7-9-16)29-19-5-1-2-10-27-19/h1-2,5,10,12,15-17H,3-4,6-9,11,13-14H2,(H,27,29)(H,30,33)(H,31,34)/t15?,16?,17-/m0/s1. The summed E-state index contributed by atoms with van der Waals surface area (Å²) in [4.78, 5) is 29.9. The lowest BCUT2D eigenvalue weighted by Crippen LogP contribution is -2.42. The molecule has 1 amide bonds. The molecule has 2 aromatic rings. The average molecular weight is 495 g/mol. The zero-order valence-electron chi connectivity index (χ0n) is 19.2. The third-order valence-electron chi connectivity index (χ3n) is 6.46. The van der Waals surface area contributed by atoms with Crippen molar-refractivity contribution in [2.75, 3.05) is 30.0 Å². The van der Waals surface area contributed by atoms with Crippen LogP contribution in [0.1, 0.15) is 44.1 Å². The quantitative estimate of drug-likeness (QED) is 0.517. The van der Waals surface area contributed by atoms with E-state index in [-0.39, 0.29) is 36.9 Å². The number of aromatic nitrogens is 3. The third kappa shape index (κ3) is 6.50. The summed E-state index contributed by atoms with van der Waals surface area (Å²) in [6.45, 7) is 0.263. The van der Waals surface area contributed by atoms with Gasteiger partial charge in [0.05, 0.1) is 24.5 Å². The van der Waals surface area contributed by atoms with E-state index in [0.29, 0.717) is 25.4 Å². The number of rotatable bonds is 8. The lowest BCUT2D eigenvalue weighted by molar-refractivity contribution is -0.138. The van der Waals surface area contributed by atoms with Crippen LogP contribution < -0.4 is 21.1 Å². The fourth-order valence-corrected chi connectivity index (χ4v) is 4.80. The number of H-pyrrole nitrogens is 1. The smallest absolute Gasteiger partial charge is 0.370 e. The van der Waals surface area contributed by atoms with Crippen LogP contribution in [0, 0.1) is 0 Å². The van der Waals surface area contributed by atoms with E-state index in [1.807, 2.05) is 23.3 Å². The van der Waals surface area contributed by atoms with Crippen LogP contribution in [0.3, 0.4) is 0 Å². The van der Waals surface area contributed by atoms with E-state index in [1.54, 1.807) is 6.20 Å². The van der Waals surface area contributed by atoms with E-state index >= 15 is 0 Å². The first-order valence-electron chi connectivity index (χ1n) is 11.8. The van der Waals surface area contributed by atoms with Crippen LogP contribution in [0.5, 0.6) is 0 Å². The Morgan fingerprint density at radius 2 is 1.94 bits per heavy atom. The number of pyridine rings is 1. The predicted molar refractivity (Wildman–Crippen MR) is 123 cm³/mol. The van der Waals surface area contributed by atoms with E-state index in [0.717, 1.165) is 37.7 Å². The van der Waals surface area contributed by atoms with E-state index in [4.69, 9.17) is 4.74 Å². The monoisotopic (exact) mass is 494 g/mol. The molecule has 190 valence electrons. The molecule has 12 heteroatoms. The number of anilines is 2. The molecule has 0 spiro atoms. The Morgan fingerprint density at radius 1 is 1.17 bits per heavy atom. The molecule has 2 aromatic heterocycles. The van der Waals surface area contributed by atoms with Crippen LogP contribution in [-0.4, -0.2) is 59.0 Å². The molecule has 0 unspecified atom stereocenters. The lowest BCUT2D eigenvalue weighted by atomic mass is 9.91. The number of nitrogens with zero attached hydrogens (tertiary/aromatic N) is 3. The van der Waals surface area contributed by atoms with Gasteiger partial charge < -0.3 is 20.3 Å². The molecule has 0 aromatic carbocycles. The Balaban J connectivity index is 1.22. The van der Waals surface area contributed by atoms with Gasteiger partial charge in [0, 0.05) is 24.8 Å². The molecule has 4 rings (SSSR count). The zero-order valence-corrected chi connectivity index (χ0v) is 19.2. The summed E-state index contributed by atoms with van der Waals surface area (Å²) in [7, 11) is 0. The van der Waals surface area contributed by atoms with Crippen molar-refractivity contribution in [3.63, 3.8) is 0 Å². The number of nitrogens with one attached hydrogen (secondary N) is 3. The summed E-state index contributed by atoms with van der Waals surface area (Å²) in [6, 6.07) is 5.71. The summed E-state index contributed by atoms with van der Waals surface area (Å²) in [5, 5.41) is 11.8. The molecule has 1 saturated heterocycles. The van der Waals surface area contributed by atoms with Crippen LogP contribution in [0.4, 0.5) is 24.7 Å². The fourth-order valence-electron chi connectivity index (χ4n) is 4.80. The van der Waals surface area contributed by atoms with E-state index < -0.39 is 17.3 Å². The van der Waals surface area contributed by atoms with Crippen LogP contribution in [0.15, 0.2) is 35.4 Å². The van der Waals surface area contributed by atoms with E-state index in [2.05, 4.69) is 20.7 Å². The first-order valence-corrected chi connectivity index (χ1v) is 11.8. The fraction of sp³-hybridized carbons (Fsp3) is 0.565. The molecule has 0 bridgehead atoms. The summed E-state index contributed by atoms with van der Waals surface area (Å²) in [6.07, 6.45) is 2.70. The Labute approximate surface area is 200 Å². The topological polar surface area (TPSA) is 112 Å². The highest BCUT2D eigenvalue weighted by Crippen LogP contribution is 2.36. The summed E-state index contributed by atoms with van der Waals surface area (Å²) >= 11 is 0. The largest absolute Gasteiger partial charge is 0.423 e. The maximum atomic E-state index is 13.4. The first-order chi connectivity index (χ1) is 16.8. The van der Waals surface area contributed by atoms with Gasteiger partial charge in [0.15, 0.2) is 0 Å². The molecule has 35 heavy (non-hydrogen) atoms. The highest BCUT2D eigenvalue weighted by atomic mass is 19.4. The summed E-state index contributed by atoms with van der Waals surface area (Å²) < 4.78 is 45.9. The number of aromatic amines is 1. The molecule has 3 heterocycles. The van der Waals surface area contributed by atoms with Crippen LogP contribution in [-0.2, 0) is 15.7 Å². The van der Waals surface area contributed by atoms with Gasteiger partial charge in [0.25, 0.3) is 5.56 Å². The number of amides is 1. The second kappa shape index (κ2) is 11.1. The molecule has 3 N–H and O–H groups in total. The number of alkyl halides is 3. The van der Waals surface area contributed by atoms with Crippen LogP contribution in [0.2, 0.25) is 0 Å². The first kappa shape index (κ1) is 25.0. The maximum Gasteiger partial charge on any atom is 0.423 e. The number of halogens is 3. The number of carbonyl (C=O) groups excluding carboxylic acids is 1. The van der Waals surface area contributed by atoms with Gasteiger partial charge in [-0.15, -0.1) is 0 Å². The summed E-state index contributed by atoms with van der Waals surface area (Å²) in [5.41, 5.74) is -2.79. The zero-order chi connectivity index (χ0) is 24.8. The van der Waals surface area contributed by atoms with Crippen molar-refractivity contribution in [1.29, 1.82) is 0 Å². The van der Waals surface area contributed by atoms with Crippen molar-refractivity contribution in [3.05, 3.63) is 46.5 Å². The molecule has 9 nitrogen and oxygen atoms in total. The van der Waals surface area contributed by atoms with Crippen molar-refractivity contribution in [2.24, 2.45) is 0 Å². The van der Waals surface area contributed by atoms with E-state index in [9.17, 15) is 22.8 Å². The number of ether oxygens (including phenoxy) is 1. The molecule has 2 fully saturated rings. The normalized spacial score (nSPS) is 22.7. The number of hydrogen-bond donors (Lipinski definition) is 3. The molecular formula is C23H29F3N6O3. The molecule has 1 aliphatic heterocycles. The van der Waals surface area contributed by atoms with Gasteiger partial charge in [0.2, 0.25) is 5.91 Å². The van der Waals surface area contributed by atoms with Crippen LogP contribution in [0.25, 0.3) is 0 Å². The SMILES string of the molecule is O=C(COC[C@@H]1CCCN1c1cn[nH]c(=O)c1C(F)(F)F)NC1CCC(Nc2ccccn2)CC1. The van der Waals surface area contributed by atoms with Crippen molar-refractivity contribution >= 4 is 17.4 Å². The molecular weight excluding hydrogens is 465 g/mol. The predicted octanol–water partition coefficient (Wildman–Crippen LogP) is 2.71. The van der Waals surface area contributed by atoms with Gasteiger partial charge in [-0.3, -0.25) is 9.59 Å². The Bertz CT molecular complexity index is 1040. The van der Waals surface area contributed by atoms with E-state index in [1.165, 1.54) is 4.90 Å². The molecule has 1 atom stereocenters. The van der Waals surface area contributed by atoms with Crippen molar-refractivity contribution in [2.45, 2.75) is 62.8 Å². The van der Waals surface area contributed by atoms with Crippen molar-refractivity contribution in [1.82, 2.24) is 20.5 Å². The van der Waals surface area contributed by atoms with Crippen LogP contribution >= 0.6 is 0 Å². The lowest BCUT2D eigenvalue weighted by Gasteiger charge is -2.30. The van der Waals surface area contributed by atoms with Gasteiger partial charge in [-0.2, -0.15) is 18.3 Å². The molecule has 2 aliphatic rings. The van der Waals surface area contributed by atoms with Gasteiger partial charge >= 0.3 is 6.18 Å². The Morgan fingerprint density at radius 3 is 2.66 bits per heavy atom. The minimum absolute atomic E-state index is 0.0623. The Kier molecular flexibility index (Phi) is 7.89. The van der Waals surface area contributed by atoms with Gasteiger partial charge in [-0.25, -0.2) is 10.1 Å². The summed E-state index contributed by atoms with van der Waals surface area (Å²) in [5.74, 6) is 0.595. The minimum Gasteiger partial charge on any atom is -0.370 e. The highest BCUT2D eigenvalue weighted by Gasteiger charge is 2.40. The Hall–Kier alpha value is -3.15. The minimum atomic E-state index is -4.80. The second-order valence-electron chi connectivity index (χ2n) is 8.94.